The van der Waals surface area contributed by atoms with Gasteiger partial charge in [0.05, 0.1) is 5.69 Å². The van der Waals surface area contributed by atoms with Crippen LogP contribution in [0.5, 0.6) is 0 Å². The Hall–Kier alpha value is -3.20. The molecule has 150 valence electrons. The third-order valence-electron chi connectivity index (χ3n) is 4.23. The van der Waals surface area contributed by atoms with Crippen molar-refractivity contribution in [3.63, 3.8) is 0 Å². The van der Waals surface area contributed by atoms with Crippen molar-refractivity contribution < 1.29 is 9.59 Å². The number of benzene rings is 2. The maximum absolute atomic E-state index is 12.9. The van der Waals surface area contributed by atoms with E-state index in [1.54, 1.807) is 11.6 Å². The van der Waals surface area contributed by atoms with Crippen molar-refractivity contribution in [2.75, 3.05) is 6.54 Å². The molecule has 8 nitrogen and oxygen atoms in total. The third kappa shape index (κ3) is 4.80. The van der Waals surface area contributed by atoms with Gasteiger partial charge in [0.25, 0.3) is 0 Å². The smallest absolute Gasteiger partial charge is 0.321 e. The molecule has 0 fully saturated rings. The minimum atomic E-state index is -0.701. The van der Waals surface area contributed by atoms with E-state index < -0.39 is 17.2 Å². The maximum atomic E-state index is 12.9. The molecule has 1 aromatic heterocycles. The highest BCUT2D eigenvalue weighted by molar-refractivity contribution is 8.00. The Morgan fingerprint density at radius 2 is 1.76 bits per heavy atom. The number of nitrogens with zero attached hydrogens (tertiary/aromatic N) is 4. The van der Waals surface area contributed by atoms with Crippen LogP contribution in [0, 0.1) is 13.8 Å². The fourth-order valence-electron chi connectivity index (χ4n) is 2.92. The lowest BCUT2D eigenvalue weighted by molar-refractivity contribution is -0.119. The molecule has 0 aliphatic carbocycles. The van der Waals surface area contributed by atoms with Gasteiger partial charge in [-0.15, -0.1) is 5.10 Å². The number of aromatic nitrogens is 4. The lowest BCUT2D eigenvalue weighted by atomic mass is 10.1. The summed E-state index contributed by atoms with van der Waals surface area (Å²) in [7, 11) is 0. The van der Waals surface area contributed by atoms with Crippen molar-refractivity contribution in [3.05, 3.63) is 65.2 Å². The summed E-state index contributed by atoms with van der Waals surface area (Å²) in [6.07, 6.45) is 0. The molecule has 0 aliphatic heterocycles. The molecular formula is C20H22N6O2S. The summed E-state index contributed by atoms with van der Waals surface area (Å²) in [5, 5.41) is 16.8. The van der Waals surface area contributed by atoms with Crippen molar-refractivity contribution in [2.24, 2.45) is 0 Å². The van der Waals surface area contributed by atoms with E-state index in [0.717, 1.165) is 22.4 Å². The van der Waals surface area contributed by atoms with Crippen molar-refractivity contribution in [1.29, 1.82) is 0 Å². The molecule has 0 saturated carbocycles. The highest BCUT2D eigenvalue weighted by Gasteiger charge is 2.27. The molecule has 9 heteroatoms. The van der Waals surface area contributed by atoms with Crippen molar-refractivity contribution >= 4 is 23.7 Å². The molecule has 0 spiro atoms. The van der Waals surface area contributed by atoms with E-state index in [1.165, 1.54) is 11.8 Å². The van der Waals surface area contributed by atoms with Gasteiger partial charge in [-0.3, -0.25) is 10.1 Å². The Bertz CT molecular complexity index is 985. The van der Waals surface area contributed by atoms with Gasteiger partial charge < -0.3 is 5.32 Å². The Morgan fingerprint density at radius 1 is 1.07 bits per heavy atom. The highest BCUT2D eigenvalue weighted by Crippen LogP contribution is 2.35. The molecule has 0 unspecified atom stereocenters. The fourth-order valence-corrected chi connectivity index (χ4v) is 3.90. The maximum Gasteiger partial charge on any atom is 0.321 e. The summed E-state index contributed by atoms with van der Waals surface area (Å²) >= 11 is 1.19. The first-order valence-electron chi connectivity index (χ1n) is 9.16. The highest BCUT2D eigenvalue weighted by atomic mass is 32.2. The van der Waals surface area contributed by atoms with Crippen molar-refractivity contribution in [2.45, 2.75) is 31.2 Å². The van der Waals surface area contributed by atoms with E-state index in [4.69, 9.17) is 0 Å². The van der Waals surface area contributed by atoms with Crippen LogP contribution in [0.25, 0.3) is 5.69 Å². The quantitative estimate of drug-likeness (QED) is 0.606. The zero-order valence-electron chi connectivity index (χ0n) is 16.4. The molecule has 29 heavy (non-hydrogen) atoms. The molecule has 3 rings (SSSR count). The molecule has 0 radical (unpaired) electrons. The molecular weight excluding hydrogens is 388 g/mol. The molecule has 2 N–H and O–H groups in total. The Kier molecular flexibility index (Phi) is 6.61. The van der Waals surface area contributed by atoms with Gasteiger partial charge in [-0.05, 0) is 47.9 Å². The third-order valence-corrected chi connectivity index (χ3v) is 5.42. The minimum Gasteiger partial charge on any atom is -0.338 e. The topological polar surface area (TPSA) is 102 Å². The van der Waals surface area contributed by atoms with Gasteiger partial charge in [0.1, 0.15) is 5.25 Å². The second-order valence-electron chi connectivity index (χ2n) is 6.37. The van der Waals surface area contributed by atoms with E-state index in [0.29, 0.717) is 11.7 Å². The zero-order chi connectivity index (χ0) is 20.8. The summed E-state index contributed by atoms with van der Waals surface area (Å²) in [4.78, 5) is 24.7. The number of thioether (sulfide) groups is 1. The number of imide groups is 1. The Labute approximate surface area is 173 Å². The fraction of sp³-hybridized carbons (Fsp3) is 0.250. The summed E-state index contributed by atoms with van der Waals surface area (Å²) < 4.78 is 1.63. The Balaban J connectivity index is 1.95. The molecule has 2 aromatic carbocycles. The summed E-state index contributed by atoms with van der Waals surface area (Å²) in [6, 6.07) is 14.6. The van der Waals surface area contributed by atoms with E-state index in [2.05, 4.69) is 26.2 Å². The molecule has 3 amide bonds. The van der Waals surface area contributed by atoms with Crippen LogP contribution in [0.3, 0.4) is 0 Å². The van der Waals surface area contributed by atoms with Gasteiger partial charge in [-0.2, -0.15) is 4.68 Å². The number of amides is 3. The van der Waals surface area contributed by atoms with Gasteiger partial charge in [-0.1, -0.05) is 60.3 Å². The standard InChI is InChI=1S/C20H22N6O2S/c1-4-21-19(28)22-18(27)17(15-11-6-5-7-12-15)29-20-23-24-25-26(20)16-13(2)9-8-10-14(16)3/h5-12,17H,4H2,1-3H3,(H2,21,22,27,28)/t17-/m0/s1. The summed E-state index contributed by atoms with van der Waals surface area (Å²) in [5.74, 6) is -0.441. The first-order valence-corrected chi connectivity index (χ1v) is 10.0. The van der Waals surface area contributed by atoms with Gasteiger partial charge in [0.15, 0.2) is 0 Å². The number of carbonyl (C=O) groups excluding carboxylic acids is 2. The number of hydrogen-bond donors (Lipinski definition) is 2. The molecule has 0 saturated heterocycles. The van der Waals surface area contributed by atoms with Crippen LogP contribution < -0.4 is 10.6 Å². The van der Waals surface area contributed by atoms with Crippen LogP contribution in [0.15, 0.2) is 53.7 Å². The van der Waals surface area contributed by atoms with E-state index in [-0.39, 0.29) is 0 Å². The zero-order valence-corrected chi connectivity index (χ0v) is 17.2. The molecule has 0 bridgehead atoms. The number of tetrazole rings is 1. The number of rotatable bonds is 6. The van der Waals surface area contributed by atoms with Crippen LogP contribution in [-0.2, 0) is 4.79 Å². The second-order valence-corrected chi connectivity index (χ2v) is 7.44. The number of hydrogen-bond acceptors (Lipinski definition) is 6. The van der Waals surface area contributed by atoms with Crippen molar-refractivity contribution in [3.8, 4) is 5.69 Å². The largest absolute Gasteiger partial charge is 0.338 e. The average molecular weight is 411 g/mol. The molecule has 0 aliphatic rings. The van der Waals surface area contributed by atoms with Crippen LogP contribution >= 0.6 is 11.8 Å². The van der Waals surface area contributed by atoms with Crippen LogP contribution in [0.2, 0.25) is 0 Å². The predicted molar refractivity (Wildman–Crippen MR) is 111 cm³/mol. The number of nitrogens with one attached hydrogen (secondary N) is 2. The monoisotopic (exact) mass is 410 g/mol. The van der Waals surface area contributed by atoms with Gasteiger partial charge in [0.2, 0.25) is 11.1 Å². The Morgan fingerprint density at radius 3 is 2.41 bits per heavy atom. The molecule has 3 aromatic rings. The van der Waals surface area contributed by atoms with Gasteiger partial charge >= 0.3 is 6.03 Å². The van der Waals surface area contributed by atoms with Gasteiger partial charge in [-0.25, -0.2) is 4.79 Å². The summed E-state index contributed by atoms with van der Waals surface area (Å²) in [5.41, 5.74) is 3.65. The second kappa shape index (κ2) is 9.33. The normalized spacial score (nSPS) is 11.7. The van der Waals surface area contributed by atoms with Crippen LogP contribution in [0.1, 0.15) is 28.9 Å². The van der Waals surface area contributed by atoms with E-state index in [9.17, 15) is 9.59 Å². The van der Waals surface area contributed by atoms with Crippen molar-refractivity contribution in [1.82, 2.24) is 30.8 Å². The summed E-state index contributed by atoms with van der Waals surface area (Å²) in [6.45, 7) is 6.17. The van der Waals surface area contributed by atoms with E-state index >= 15 is 0 Å². The van der Waals surface area contributed by atoms with Gasteiger partial charge in [0, 0.05) is 6.54 Å². The number of aryl methyl sites for hydroxylation is 2. The number of para-hydroxylation sites is 1. The van der Waals surface area contributed by atoms with E-state index in [1.807, 2.05) is 62.4 Å². The van der Waals surface area contributed by atoms with Crippen LogP contribution in [0.4, 0.5) is 4.79 Å². The number of carbonyl (C=O) groups is 2. The lowest BCUT2D eigenvalue weighted by Crippen LogP contribution is -2.41. The molecule has 1 atom stereocenters. The predicted octanol–water partition coefficient (Wildman–Crippen LogP) is 2.96. The molecule has 1 heterocycles. The minimum absolute atomic E-state index is 0.424. The first-order chi connectivity index (χ1) is 14.0. The SMILES string of the molecule is CCNC(=O)NC(=O)[C@@H](Sc1nnnn1-c1c(C)cccc1C)c1ccccc1. The lowest BCUT2D eigenvalue weighted by Gasteiger charge is -2.17. The van der Waals surface area contributed by atoms with Crippen LogP contribution in [-0.4, -0.2) is 38.7 Å². The first kappa shape index (κ1) is 20.5. The average Bonchev–Trinajstić information content (AvgIpc) is 3.14. The number of urea groups is 1.